The summed E-state index contributed by atoms with van der Waals surface area (Å²) in [4.78, 5) is 19.9. The van der Waals surface area contributed by atoms with Crippen LogP contribution in [-0.4, -0.2) is 51.8 Å². The van der Waals surface area contributed by atoms with Crippen LogP contribution in [-0.2, 0) is 0 Å². The lowest BCUT2D eigenvalue weighted by atomic mass is 10.1. The Labute approximate surface area is 155 Å². The van der Waals surface area contributed by atoms with E-state index in [-0.39, 0.29) is 12.5 Å². The largest absolute Gasteiger partial charge is 0.494 e. The second-order valence-corrected chi connectivity index (χ2v) is 6.64. The molecule has 1 fully saturated rings. The number of nitrogens with zero attached hydrogens (tertiary/aromatic N) is 5. The number of ether oxygens (including phenoxy) is 1. The molecule has 0 bridgehead atoms. The minimum Gasteiger partial charge on any atom is -0.494 e. The van der Waals surface area contributed by atoms with E-state index in [9.17, 15) is 5.11 Å². The molecule has 3 aromatic rings. The number of aromatic nitrogens is 4. The van der Waals surface area contributed by atoms with Crippen molar-refractivity contribution in [3.05, 3.63) is 35.9 Å². The van der Waals surface area contributed by atoms with E-state index < -0.39 is 0 Å². The first kappa shape index (κ1) is 16.9. The molecule has 8 heteroatoms. The number of hydrogen-bond acceptors (Lipinski definition) is 7. The predicted molar refractivity (Wildman–Crippen MR) is 99.5 cm³/mol. The van der Waals surface area contributed by atoms with E-state index in [1.165, 1.54) is 0 Å². The van der Waals surface area contributed by atoms with E-state index in [0.29, 0.717) is 22.2 Å². The van der Waals surface area contributed by atoms with Crippen LogP contribution in [0, 0.1) is 5.92 Å². The molecular formula is C18H18ClN5O2. The second-order valence-electron chi connectivity index (χ2n) is 6.26. The molecule has 0 radical (unpaired) electrons. The molecule has 4 rings (SSSR count). The number of anilines is 1. The zero-order valence-corrected chi connectivity index (χ0v) is 15.0. The SMILES string of the molecule is COc1cncc2nc(-c3ccnc(Cl)c3)nc(N3CC[C@H](CO)C3)c12. The molecule has 4 heterocycles. The van der Waals surface area contributed by atoms with Crippen LogP contribution in [0.1, 0.15) is 6.42 Å². The van der Waals surface area contributed by atoms with Crippen molar-refractivity contribution in [3.63, 3.8) is 0 Å². The van der Waals surface area contributed by atoms with Crippen LogP contribution < -0.4 is 9.64 Å². The Morgan fingerprint density at radius 3 is 2.96 bits per heavy atom. The van der Waals surface area contributed by atoms with Gasteiger partial charge >= 0.3 is 0 Å². The third-order valence-electron chi connectivity index (χ3n) is 4.60. The minimum atomic E-state index is 0.172. The Morgan fingerprint density at radius 1 is 1.35 bits per heavy atom. The normalized spacial score (nSPS) is 17.0. The molecule has 0 aromatic carbocycles. The first-order valence-electron chi connectivity index (χ1n) is 8.37. The quantitative estimate of drug-likeness (QED) is 0.705. The first-order chi connectivity index (χ1) is 12.7. The molecule has 0 spiro atoms. The van der Waals surface area contributed by atoms with Gasteiger partial charge in [0.25, 0.3) is 0 Å². The van der Waals surface area contributed by atoms with Crippen molar-refractivity contribution < 1.29 is 9.84 Å². The van der Waals surface area contributed by atoms with Gasteiger partial charge in [-0.1, -0.05) is 11.6 Å². The van der Waals surface area contributed by atoms with Gasteiger partial charge < -0.3 is 14.7 Å². The number of pyridine rings is 2. The molecule has 1 N–H and O–H groups in total. The molecular weight excluding hydrogens is 354 g/mol. The van der Waals surface area contributed by atoms with E-state index in [1.807, 2.05) is 6.07 Å². The molecule has 1 saturated heterocycles. The smallest absolute Gasteiger partial charge is 0.162 e. The van der Waals surface area contributed by atoms with Crippen LogP contribution in [0.3, 0.4) is 0 Å². The van der Waals surface area contributed by atoms with Gasteiger partial charge in [-0.05, 0) is 18.6 Å². The Bertz CT molecular complexity index is 952. The second kappa shape index (κ2) is 7.01. The van der Waals surface area contributed by atoms with E-state index in [2.05, 4.69) is 19.9 Å². The summed E-state index contributed by atoms with van der Waals surface area (Å²) in [6.45, 7) is 1.73. The molecule has 1 aliphatic rings. The average Bonchev–Trinajstić information content (AvgIpc) is 3.15. The number of hydrogen-bond donors (Lipinski definition) is 1. The zero-order valence-electron chi connectivity index (χ0n) is 14.3. The molecule has 134 valence electrons. The maximum absolute atomic E-state index is 9.49. The van der Waals surface area contributed by atoms with Gasteiger partial charge in [-0.15, -0.1) is 0 Å². The highest BCUT2D eigenvalue weighted by molar-refractivity contribution is 6.29. The molecule has 1 aliphatic heterocycles. The Balaban J connectivity index is 1.91. The standard InChI is InChI=1S/C18H18ClN5O2/c1-26-14-8-20-7-13-16(14)18(24-5-3-11(9-24)10-25)23-17(22-13)12-2-4-21-15(19)6-12/h2,4,6-8,11,25H,3,5,9-10H2,1H3/t11-/m0/s1. The highest BCUT2D eigenvalue weighted by atomic mass is 35.5. The average molecular weight is 372 g/mol. The lowest BCUT2D eigenvalue weighted by Gasteiger charge is -2.21. The zero-order chi connectivity index (χ0) is 18.1. The summed E-state index contributed by atoms with van der Waals surface area (Å²) >= 11 is 6.03. The fourth-order valence-corrected chi connectivity index (χ4v) is 3.44. The van der Waals surface area contributed by atoms with Crippen molar-refractivity contribution in [3.8, 4) is 17.1 Å². The monoisotopic (exact) mass is 371 g/mol. The number of halogens is 1. The number of methoxy groups -OCH3 is 1. The maximum atomic E-state index is 9.49. The number of rotatable bonds is 4. The van der Waals surface area contributed by atoms with Crippen molar-refractivity contribution in [2.45, 2.75) is 6.42 Å². The Hall–Kier alpha value is -2.51. The Morgan fingerprint density at radius 2 is 2.23 bits per heavy atom. The summed E-state index contributed by atoms with van der Waals surface area (Å²) in [7, 11) is 1.61. The van der Waals surface area contributed by atoms with Gasteiger partial charge in [0.15, 0.2) is 5.82 Å². The summed E-state index contributed by atoms with van der Waals surface area (Å²) in [5, 5.41) is 10.7. The van der Waals surface area contributed by atoms with Gasteiger partial charge in [0.05, 0.1) is 30.4 Å². The predicted octanol–water partition coefficient (Wildman–Crippen LogP) is 2.57. The summed E-state index contributed by atoms with van der Waals surface area (Å²) in [6.07, 6.45) is 5.92. The number of aliphatic hydroxyl groups excluding tert-OH is 1. The van der Waals surface area contributed by atoms with Crippen LogP contribution in [0.4, 0.5) is 5.82 Å². The third-order valence-corrected chi connectivity index (χ3v) is 4.81. The van der Waals surface area contributed by atoms with Crippen LogP contribution in [0.5, 0.6) is 5.75 Å². The number of fused-ring (bicyclic) bond motifs is 1. The lowest BCUT2D eigenvalue weighted by Crippen LogP contribution is -2.22. The van der Waals surface area contributed by atoms with Gasteiger partial charge in [-0.3, -0.25) is 4.98 Å². The fraction of sp³-hybridized carbons (Fsp3) is 0.333. The molecule has 7 nitrogen and oxygen atoms in total. The molecule has 0 unspecified atom stereocenters. The summed E-state index contributed by atoms with van der Waals surface area (Å²) in [5.41, 5.74) is 1.48. The molecule has 0 saturated carbocycles. The highest BCUT2D eigenvalue weighted by Gasteiger charge is 2.26. The van der Waals surface area contributed by atoms with Crippen LogP contribution in [0.15, 0.2) is 30.7 Å². The summed E-state index contributed by atoms with van der Waals surface area (Å²) in [5.74, 6) is 2.21. The molecule has 1 atom stereocenters. The Kier molecular flexibility index (Phi) is 4.57. The third kappa shape index (κ3) is 3.04. The van der Waals surface area contributed by atoms with Crippen molar-refractivity contribution in [2.24, 2.45) is 5.92 Å². The van der Waals surface area contributed by atoms with Crippen LogP contribution >= 0.6 is 11.6 Å². The van der Waals surface area contributed by atoms with Gasteiger partial charge in [0.2, 0.25) is 0 Å². The molecule has 3 aromatic heterocycles. The van der Waals surface area contributed by atoms with Crippen LogP contribution in [0.25, 0.3) is 22.3 Å². The van der Waals surface area contributed by atoms with E-state index >= 15 is 0 Å². The number of aliphatic hydroxyl groups is 1. The highest BCUT2D eigenvalue weighted by Crippen LogP contribution is 2.35. The van der Waals surface area contributed by atoms with E-state index in [1.54, 1.807) is 31.8 Å². The first-order valence-corrected chi connectivity index (χ1v) is 8.75. The van der Waals surface area contributed by atoms with Gasteiger partial charge in [0.1, 0.15) is 16.7 Å². The van der Waals surface area contributed by atoms with Gasteiger partial charge in [-0.2, -0.15) is 0 Å². The van der Waals surface area contributed by atoms with E-state index in [4.69, 9.17) is 21.3 Å². The summed E-state index contributed by atoms with van der Waals surface area (Å²) in [6, 6.07) is 3.56. The molecule has 26 heavy (non-hydrogen) atoms. The van der Waals surface area contributed by atoms with Crippen LogP contribution in [0.2, 0.25) is 5.15 Å². The van der Waals surface area contributed by atoms with Crippen molar-refractivity contribution in [2.75, 3.05) is 31.7 Å². The maximum Gasteiger partial charge on any atom is 0.162 e. The van der Waals surface area contributed by atoms with Crippen molar-refractivity contribution in [1.29, 1.82) is 0 Å². The molecule has 0 amide bonds. The minimum absolute atomic E-state index is 0.172. The lowest BCUT2D eigenvalue weighted by molar-refractivity contribution is 0.238. The van der Waals surface area contributed by atoms with E-state index in [0.717, 1.165) is 36.3 Å². The van der Waals surface area contributed by atoms with Gasteiger partial charge in [0, 0.05) is 37.4 Å². The van der Waals surface area contributed by atoms with Crippen molar-refractivity contribution >= 4 is 28.3 Å². The summed E-state index contributed by atoms with van der Waals surface area (Å²) < 4.78 is 5.50. The molecule has 0 aliphatic carbocycles. The van der Waals surface area contributed by atoms with Crippen molar-refractivity contribution in [1.82, 2.24) is 19.9 Å². The fourth-order valence-electron chi connectivity index (χ4n) is 3.26. The topological polar surface area (TPSA) is 84.3 Å². The van der Waals surface area contributed by atoms with Gasteiger partial charge in [-0.25, -0.2) is 15.0 Å².